The zero-order valence-corrected chi connectivity index (χ0v) is 12.7. The van der Waals surface area contributed by atoms with Crippen LogP contribution in [0.15, 0.2) is 30.5 Å². The van der Waals surface area contributed by atoms with E-state index < -0.39 is 10.0 Å². The van der Waals surface area contributed by atoms with Crippen molar-refractivity contribution in [3.63, 3.8) is 0 Å². The number of fused-ring (bicyclic) bond motifs is 1. The highest BCUT2D eigenvalue weighted by Gasteiger charge is 2.09. The lowest BCUT2D eigenvalue weighted by Crippen LogP contribution is -2.33. The average molecular weight is 309 g/mol. The molecule has 0 unspecified atom stereocenters. The third-order valence-electron chi connectivity index (χ3n) is 3.30. The number of aromatic nitrogens is 1. The van der Waals surface area contributed by atoms with Crippen LogP contribution in [0.1, 0.15) is 12.0 Å². The number of para-hydroxylation sites is 1. The summed E-state index contributed by atoms with van der Waals surface area (Å²) in [6.45, 7) is 0.121. The van der Waals surface area contributed by atoms with Gasteiger partial charge in [-0.25, -0.2) is 13.1 Å². The molecule has 0 spiro atoms. The molecular weight excluding hydrogens is 290 g/mol. The molecule has 0 saturated heterocycles. The van der Waals surface area contributed by atoms with Crippen molar-refractivity contribution >= 4 is 26.8 Å². The molecule has 0 saturated carbocycles. The first-order valence-electron chi connectivity index (χ1n) is 6.75. The Morgan fingerprint density at radius 1 is 1.29 bits per heavy atom. The standard InChI is InChI=1S/C14H19N3O3S/c1-15-21(19,20)9-8-16-14(18)7-6-11-10-17-13-5-3-2-4-12(11)13/h2-5,10,15,17H,6-9H2,1H3,(H,16,18). The second-order valence-electron chi connectivity index (χ2n) is 4.73. The minimum Gasteiger partial charge on any atom is -0.361 e. The van der Waals surface area contributed by atoms with Crippen molar-refractivity contribution in [1.82, 2.24) is 15.0 Å². The van der Waals surface area contributed by atoms with Gasteiger partial charge in [0.15, 0.2) is 0 Å². The topological polar surface area (TPSA) is 91.1 Å². The molecule has 21 heavy (non-hydrogen) atoms. The van der Waals surface area contributed by atoms with Crippen molar-refractivity contribution in [2.45, 2.75) is 12.8 Å². The van der Waals surface area contributed by atoms with Crippen LogP contribution in [0.5, 0.6) is 0 Å². The number of aromatic amines is 1. The van der Waals surface area contributed by atoms with E-state index in [0.717, 1.165) is 16.5 Å². The van der Waals surface area contributed by atoms with Gasteiger partial charge in [0.25, 0.3) is 0 Å². The first-order valence-corrected chi connectivity index (χ1v) is 8.40. The maximum absolute atomic E-state index is 11.7. The highest BCUT2D eigenvalue weighted by Crippen LogP contribution is 2.18. The molecule has 1 heterocycles. The average Bonchev–Trinajstić information content (AvgIpc) is 2.88. The summed E-state index contributed by atoms with van der Waals surface area (Å²) in [5.74, 6) is -0.255. The van der Waals surface area contributed by atoms with E-state index in [4.69, 9.17) is 0 Å². The summed E-state index contributed by atoms with van der Waals surface area (Å²) in [6, 6.07) is 7.92. The first-order chi connectivity index (χ1) is 10.0. The number of carbonyl (C=O) groups excluding carboxylic acids is 1. The van der Waals surface area contributed by atoms with Crippen LogP contribution in [0, 0.1) is 0 Å². The molecule has 2 rings (SSSR count). The van der Waals surface area contributed by atoms with Crippen LogP contribution in [0.25, 0.3) is 10.9 Å². The molecule has 1 aromatic heterocycles. The van der Waals surface area contributed by atoms with Crippen molar-refractivity contribution in [1.29, 1.82) is 0 Å². The number of benzene rings is 1. The second kappa shape index (κ2) is 6.73. The molecule has 2 aromatic rings. The summed E-state index contributed by atoms with van der Waals surface area (Å²) in [5, 5.41) is 3.73. The van der Waals surface area contributed by atoms with Crippen LogP contribution in [-0.4, -0.2) is 38.7 Å². The van der Waals surface area contributed by atoms with Gasteiger partial charge in [0, 0.05) is 30.1 Å². The number of aryl methyl sites for hydroxylation is 1. The number of carbonyl (C=O) groups is 1. The van der Waals surface area contributed by atoms with Gasteiger partial charge in [-0.2, -0.15) is 0 Å². The van der Waals surface area contributed by atoms with Crippen molar-refractivity contribution < 1.29 is 13.2 Å². The summed E-state index contributed by atoms with van der Waals surface area (Å²) in [5.41, 5.74) is 2.14. The number of sulfonamides is 1. The highest BCUT2D eigenvalue weighted by atomic mass is 32.2. The van der Waals surface area contributed by atoms with Gasteiger partial charge in [0.2, 0.25) is 15.9 Å². The van der Waals surface area contributed by atoms with Crippen LogP contribution in [0.4, 0.5) is 0 Å². The van der Waals surface area contributed by atoms with E-state index >= 15 is 0 Å². The Balaban J connectivity index is 1.82. The third-order valence-corrected chi connectivity index (χ3v) is 4.66. The van der Waals surface area contributed by atoms with E-state index in [-0.39, 0.29) is 18.2 Å². The van der Waals surface area contributed by atoms with Crippen LogP contribution in [0.3, 0.4) is 0 Å². The fraction of sp³-hybridized carbons (Fsp3) is 0.357. The lowest BCUT2D eigenvalue weighted by Gasteiger charge is -2.05. The number of hydrogen-bond acceptors (Lipinski definition) is 3. The molecule has 0 aliphatic carbocycles. The number of nitrogens with one attached hydrogen (secondary N) is 3. The minimum atomic E-state index is -3.27. The van der Waals surface area contributed by atoms with E-state index in [1.807, 2.05) is 30.5 Å². The molecule has 1 amide bonds. The summed E-state index contributed by atoms with van der Waals surface area (Å²) >= 11 is 0. The molecule has 114 valence electrons. The van der Waals surface area contributed by atoms with Gasteiger partial charge in [-0.1, -0.05) is 18.2 Å². The predicted octanol–water partition coefficient (Wildman–Crippen LogP) is 0.766. The summed E-state index contributed by atoms with van der Waals surface area (Å²) in [7, 11) is -1.92. The molecule has 7 heteroatoms. The van der Waals surface area contributed by atoms with Crippen LogP contribution in [0.2, 0.25) is 0 Å². The zero-order chi connectivity index (χ0) is 15.3. The van der Waals surface area contributed by atoms with Crippen molar-refractivity contribution in [3.05, 3.63) is 36.0 Å². The van der Waals surface area contributed by atoms with Gasteiger partial charge in [-0.15, -0.1) is 0 Å². The normalized spacial score (nSPS) is 11.7. The van der Waals surface area contributed by atoms with Crippen molar-refractivity contribution in [2.24, 2.45) is 0 Å². The van der Waals surface area contributed by atoms with Gasteiger partial charge >= 0.3 is 0 Å². The molecular formula is C14H19N3O3S. The van der Waals surface area contributed by atoms with E-state index in [2.05, 4.69) is 15.0 Å². The molecule has 6 nitrogen and oxygen atoms in total. The van der Waals surface area contributed by atoms with Crippen LogP contribution >= 0.6 is 0 Å². The Hall–Kier alpha value is -1.86. The quantitative estimate of drug-likeness (QED) is 0.705. The molecule has 0 aliphatic heterocycles. The predicted molar refractivity (Wildman–Crippen MR) is 82.5 cm³/mol. The SMILES string of the molecule is CNS(=O)(=O)CCNC(=O)CCc1c[nH]c2ccccc12. The molecule has 0 aliphatic rings. The smallest absolute Gasteiger partial charge is 0.220 e. The molecule has 0 fully saturated rings. The number of H-pyrrole nitrogens is 1. The zero-order valence-electron chi connectivity index (χ0n) is 11.8. The molecule has 3 N–H and O–H groups in total. The monoisotopic (exact) mass is 309 g/mol. The van der Waals surface area contributed by atoms with Crippen molar-refractivity contribution in [2.75, 3.05) is 19.3 Å². The third kappa shape index (κ3) is 4.30. The fourth-order valence-electron chi connectivity index (χ4n) is 2.10. The lowest BCUT2D eigenvalue weighted by atomic mass is 10.1. The Morgan fingerprint density at radius 3 is 2.81 bits per heavy atom. The van der Waals surface area contributed by atoms with Gasteiger partial charge < -0.3 is 10.3 Å². The number of amides is 1. The van der Waals surface area contributed by atoms with Crippen molar-refractivity contribution in [3.8, 4) is 0 Å². The summed E-state index contributed by atoms with van der Waals surface area (Å²) in [6.07, 6.45) is 2.86. The molecule has 0 radical (unpaired) electrons. The summed E-state index contributed by atoms with van der Waals surface area (Å²) in [4.78, 5) is 14.9. The largest absolute Gasteiger partial charge is 0.361 e. The maximum Gasteiger partial charge on any atom is 0.220 e. The Kier molecular flexibility index (Phi) is 4.98. The second-order valence-corrected chi connectivity index (χ2v) is 6.78. The highest BCUT2D eigenvalue weighted by molar-refractivity contribution is 7.89. The van der Waals surface area contributed by atoms with E-state index in [0.29, 0.717) is 12.8 Å². The Bertz CT molecular complexity index is 722. The van der Waals surface area contributed by atoms with E-state index in [1.54, 1.807) is 0 Å². The van der Waals surface area contributed by atoms with Gasteiger partial charge in [0.05, 0.1) is 5.75 Å². The van der Waals surface area contributed by atoms with Gasteiger partial charge in [-0.3, -0.25) is 4.79 Å². The number of hydrogen-bond donors (Lipinski definition) is 3. The molecule has 0 bridgehead atoms. The molecule has 0 atom stereocenters. The minimum absolute atomic E-state index is 0.109. The number of rotatable bonds is 7. The first kappa shape index (κ1) is 15.5. The van der Waals surface area contributed by atoms with Crippen LogP contribution in [-0.2, 0) is 21.2 Å². The van der Waals surface area contributed by atoms with E-state index in [9.17, 15) is 13.2 Å². The lowest BCUT2D eigenvalue weighted by molar-refractivity contribution is -0.120. The Labute approximate surface area is 124 Å². The Morgan fingerprint density at radius 2 is 2.05 bits per heavy atom. The maximum atomic E-state index is 11.7. The van der Waals surface area contributed by atoms with Crippen LogP contribution < -0.4 is 10.0 Å². The molecule has 1 aromatic carbocycles. The van der Waals surface area contributed by atoms with Gasteiger partial charge in [-0.05, 0) is 25.1 Å². The van der Waals surface area contributed by atoms with Gasteiger partial charge in [0.1, 0.15) is 0 Å². The van der Waals surface area contributed by atoms with E-state index in [1.165, 1.54) is 7.05 Å². The fourth-order valence-corrected chi connectivity index (χ4v) is 2.68. The summed E-state index contributed by atoms with van der Waals surface area (Å²) < 4.78 is 24.6.